The van der Waals surface area contributed by atoms with E-state index in [1.165, 1.54) is 6.08 Å². The normalized spacial score (nSPS) is 18.5. The number of hydrogen-bond donors (Lipinski definition) is 1. The van der Waals surface area contributed by atoms with Crippen molar-refractivity contribution in [1.82, 2.24) is 10.2 Å². The van der Waals surface area contributed by atoms with Gasteiger partial charge in [-0.05, 0) is 12.1 Å². The SMILES string of the molecule is C=C[C@H](c1cc(C(F)(F)F)cc(Cl)c1F)N1CCNCC1. The topological polar surface area (TPSA) is 15.3 Å². The van der Waals surface area contributed by atoms with E-state index in [-0.39, 0.29) is 5.56 Å². The molecule has 0 aliphatic carbocycles. The largest absolute Gasteiger partial charge is 0.416 e. The molecule has 1 fully saturated rings. The van der Waals surface area contributed by atoms with Crippen LogP contribution in [0.3, 0.4) is 0 Å². The highest BCUT2D eigenvalue weighted by atomic mass is 35.5. The summed E-state index contributed by atoms with van der Waals surface area (Å²) in [5.41, 5.74) is -1.04. The third kappa shape index (κ3) is 3.56. The molecule has 0 spiro atoms. The van der Waals surface area contributed by atoms with Gasteiger partial charge >= 0.3 is 6.18 Å². The van der Waals surface area contributed by atoms with Gasteiger partial charge in [-0.15, -0.1) is 6.58 Å². The predicted molar refractivity (Wildman–Crippen MR) is 73.8 cm³/mol. The second-order valence-electron chi connectivity index (χ2n) is 4.83. The standard InChI is InChI=1S/C14H15ClF4N2/c1-2-12(21-5-3-20-4-6-21)10-7-9(14(17,18)19)8-11(15)13(10)16/h2,7-8,12,20H,1,3-6H2/t12-/m1/s1. The van der Waals surface area contributed by atoms with Crippen LogP contribution in [-0.4, -0.2) is 31.1 Å². The Morgan fingerprint density at radius 3 is 2.43 bits per heavy atom. The fourth-order valence-electron chi connectivity index (χ4n) is 2.42. The highest BCUT2D eigenvalue weighted by Crippen LogP contribution is 2.36. The highest BCUT2D eigenvalue weighted by Gasteiger charge is 2.34. The van der Waals surface area contributed by atoms with E-state index in [1.54, 1.807) is 0 Å². The molecular formula is C14H15ClF4N2. The Hall–Kier alpha value is -1.11. The Balaban J connectivity index is 2.44. The zero-order chi connectivity index (χ0) is 15.6. The highest BCUT2D eigenvalue weighted by molar-refractivity contribution is 6.30. The van der Waals surface area contributed by atoms with E-state index in [0.717, 1.165) is 6.07 Å². The zero-order valence-corrected chi connectivity index (χ0v) is 11.9. The van der Waals surface area contributed by atoms with Gasteiger partial charge < -0.3 is 5.32 Å². The number of hydrogen-bond acceptors (Lipinski definition) is 2. The van der Waals surface area contributed by atoms with Crippen molar-refractivity contribution in [2.75, 3.05) is 26.2 Å². The summed E-state index contributed by atoms with van der Waals surface area (Å²) in [6, 6.07) is 0.792. The van der Waals surface area contributed by atoms with Gasteiger partial charge in [0.2, 0.25) is 0 Å². The van der Waals surface area contributed by atoms with Crippen LogP contribution in [0.4, 0.5) is 17.6 Å². The van der Waals surface area contributed by atoms with E-state index >= 15 is 0 Å². The molecule has 0 radical (unpaired) electrons. The molecule has 0 saturated carbocycles. The summed E-state index contributed by atoms with van der Waals surface area (Å²) >= 11 is 5.62. The van der Waals surface area contributed by atoms with Gasteiger partial charge in [0.15, 0.2) is 0 Å². The second kappa shape index (κ2) is 6.34. The first-order chi connectivity index (χ1) is 9.84. The van der Waals surface area contributed by atoms with E-state index < -0.39 is 28.6 Å². The average Bonchev–Trinajstić information content (AvgIpc) is 2.44. The van der Waals surface area contributed by atoms with Crippen molar-refractivity contribution < 1.29 is 17.6 Å². The maximum Gasteiger partial charge on any atom is 0.416 e. The van der Waals surface area contributed by atoms with Crippen molar-refractivity contribution >= 4 is 11.6 Å². The quantitative estimate of drug-likeness (QED) is 0.675. The lowest BCUT2D eigenvalue weighted by Gasteiger charge is -2.34. The smallest absolute Gasteiger partial charge is 0.314 e. The molecule has 1 aliphatic heterocycles. The van der Waals surface area contributed by atoms with Crippen LogP contribution in [0.5, 0.6) is 0 Å². The van der Waals surface area contributed by atoms with E-state index in [0.29, 0.717) is 32.2 Å². The molecule has 2 rings (SSSR count). The number of piperazine rings is 1. The minimum Gasteiger partial charge on any atom is -0.314 e. The van der Waals surface area contributed by atoms with Crippen molar-refractivity contribution in [3.8, 4) is 0 Å². The lowest BCUT2D eigenvalue weighted by atomic mass is 10.0. The van der Waals surface area contributed by atoms with Crippen LogP contribution in [0.1, 0.15) is 17.2 Å². The molecule has 1 aliphatic rings. The van der Waals surface area contributed by atoms with Gasteiger partial charge in [-0.3, -0.25) is 4.90 Å². The Bertz CT molecular complexity index is 524. The number of rotatable bonds is 3. The molecule has 2 nitrogen and oxygen atoms in total. The molecule has 21 heavy (non-hydrogen) atoms. The number of nitrogens with zero attached hydrogens (tertiary/aromatic N) is 1. The van der Waals surface area contributed by atoms with Crippen molar-refractivity contribution in [3.63, 3.8) is 0 Å². The van der Waals surface area contributed by atoms with Crippen molar-refractivity contribution in [3.05, 3.63) is 46.8 Å². The molecule has 1 heterocycles. The summed E-state index contributed by atoms with van der Waals surface area (Å²) in [4.78, 5) is 1.87. The van der Waals surface area contributed by atoms with Crippen molar-refractivity contribution in [2.24, 2.45) is 0 Å². The first kappa shape index (κ1) is 16.3. The summed E-state index contributed by atoms with van der Waals surface area (Å²) in [5, 5.41) is 2.60. The van der Waals surface area contributed by atoms with Gasteiger partial charge in [0.25, 0.3) is 0 Å². The molecule has 7 heteroatoms. The predicted octanol–water partition coefficient (Wildman–Crippen LogP) is 3.63. The molecule has 0 unspecified atom stereocenters. The van der Waals surface area contributed by atoms with Crippen molar-refractivity contribution in [2.45, 2.75) is 12.2 Å². The summed E-state index contributed by atoms with van der Waals surface area (Å²) in [6.45, 7) is 6.21. The number of halogens is 5. The first-order valence-corrected chi connectivity index (χ1v) is 6.86. The molecule has 0 amide bonds. The van der Waals surface area contributed by atoms with Crippen molar-refractivity contribution in [1.29, 1.82) is 0 Å². The molecule has 0 bridgehead atoms. The molecule has 116 valence electrons. The Morgan fingerprint density at radius 1 is 1.29 bits per heavy atom. The maximum atomic E-state index is 14.2. The van der Waals surface area contributed by atoms with Crippen LogP contribution in [-0.2, 0) is 6.18 Å². The van der Waals surface area contributed by atoms with E-state index in [4.69, 9.17) is 11.6 Å². The van der Waals surface area contributed by atoms with Gasteiger partial charge in [-0.25, -0.2) is 4.39 Å². The lowest BCUT2D eigenvalue weighted by molar-refractivity contribution is -0.137. The minimum atomic E-state index is -4.57. The summed E-state index contributed by atoms with van der Waals surface area (Å²) < 4.78 is 52.7. The van der Waals surface area contributed by atoms with Gasteiger partial charge in [0.1, 0.15) is 5.82 Å². The van der Waals surface area contributed by atoms with Crippen LogP contribution in [0.25, 0.3) is 0 Å². The van der Waals surface area contributed by atoms with Gasteiger partial charge in [-0.2, -0.15) is 13.2 Å². The molecule has 1 saturated heterocycles. The first-order valence-electron chi connectivity index (χ1n) is 6.48. The fourth-order valence-corrected chi connectivity index (χ4v) is 2.65. The summed E-state index contributed by atoms with van der Waals surface area (Å²) in [7, 11) is 0. The number of nitrogens with one attached hydrogen (secondary N) is 1. The van der Waals surface area contributed by atoms with E-state index in [2.05, 4.69) is 11.9 Å². The molecular weight excluding hydrogens is 308 g/mol. The second-order valence-corrected chi connectivity index (χ2v) is 5.23. The molecule has 1 atom stereocenters. The van der Waals surface area contributed by atoms with E-state index in [1.807, 2.05) is 4.90 Å². The average molecular weight is 323 g/mol. The molecule has 1 N–H and O–H groups in total. The third-order valence-electron chi connectivity index (χ3n) is 3.47. The van der Waals surface area contributed by atoms with Crippen LogP contribution in [0, 0.1) is 5.82 Å². The van der Waals surface area contributed by atoms with Gasteiger partial charge in [0.05, 0.1) is 16.6 Å². The fraction of sp³-hybridized carbons (Fsp3) is 0.429. The van der Waals surface area contributed by atoms with Crippen LogP contribution >= 0.6 is 11.6 Å². The molecule has 1 aromatic carbocycles. The summed E-state index contributed by atoms with van der Waals surface area (Å²) in [5.74, 6) is -0.826. The maximum absolute atomic E-state index is 14.2. The Morgan fingerprint density at radius 2 is 1.90 bits per heavy atom. The lowest BCUT2D eigenvalue weighted by Crippen LogP contribution is -2.44. The van der Waals surface area contributed by atoms with Gasteiger partial charge in [-0.1, -0.05) is 17.7 Å². The third-order valence-corrected chi connectivity index (χ3v) is 3.75. The number of alkyl halides is 3. The Kier molecular flexibility index (Phi) is 4.91. The van der Waals surface area contributed by atoms with Gasteiger partial charge in [0, 0.05) is 31.7 Å². The zero-order valence-electron chi connectivity index (χ0n) is 11.2. The van der Waals surface area contributed by atoms with Crippen LogP contribution in [0.15, 0.2) is 24.8 Å². The molecule has 1 aromatic rings. The Labute approximate surface area is 125 Å². The minimum absolute atomic E-state index is 0.0910. The number of benzene rings is 1. The summed E-state index contributed by atoms with van der Waals surface area (Å²) in [6.07, 6.45) is -3.12. The van der Waals surface area contributed by atoms with E-state index in [9.17, 15) is 17.6 Å². The van der Waals surface area contributed by atoms with Crippen LogP contribution < -0.4 is 5.32 Å². The van der Waals surface area contributed by atoms with Crippen LogP contribution in [0.2, 0.25) is 5.02 Å². The molecule has 0 aromatic heterocycles. The monoisotopic (exact) mass is 322 g/mol.